The van der Waals surface area contributed by atoms with Gasteiger partial charge in [-0.1, -0.05) is 5.57 Å². The summed E-state index contributed by atoms with van der Waals surface area (Å²) in [5.41, 5.74) is 2.17. The van der Waals surface area contributed by atoms with Crippen LogP contribution < -0.4 is 0 Å². The highest BCUT2D eigenvalue weighted by atomic mass is 32.1. The van der Waals surface area contributed by atoms with Crippen LogP contribution in [0.25, 0.3) is 0 Å². The standard InChI is InChI=1S/C10H11NO2S/c1-6-11-8-3-2-7(5-10(12)13)4-9(8)14-6/h5H,2-4H2,1H3,(H,12,13)/b7-5+. The lowest BCUT2D eigenvalue weighted by Crippen LogP contribution is -2.05. The molecule has 1 aliphatic carbocycles. The number of carboxylic acid groups (broad SMARTS) is 1. The predicted octanol–water partition coefficient (Wildman–Crippen LogP) is 1.95. The molecule has 2 rings (SSSR count). The first-order chi connectivity index (χ1) is 6.65. The van der Waals surface area contributed by atoms with E-state index in [0.717, 1.165) is 35.5 Å². The summed E-state index contributed by atoms with van der Waals surface area (Å²) in [5, 5.41) is 9.71. The Labute approximate surface area is 86.1 Å². The Morgan fingerprint density at radius 2 is 2.36 bits per heavy atom. The Hall–Kier alpha value is -1.16. The van der Waals surface area contributed by atoms with E-state index in [1.807, 2.05) is 6.92 Å². The molecule has 1 heterocycles. The van der Waals surface area contributed by atoms with E-state index in [9.17, 15) is 4.79 Å². The second-order valence-corrected chi connectivity index (χ2v) is 4.71. The number of carboxylic acids is 1. The van der Waals surface area contributed by atoms with Gasteiger partial charge in [-0.3, -0.25) is 0 Å². The zero-order chi connectivity index (χ0) is 10.1. The number of aromatic nitrogens is 1. The molecule has 0 saturated carbocycles. The van der Waals surface area contributed by atoms with E-state index in [-0.39, 0.29) is 0 Å². The summed E-state index contributed by atoms with van der Waals surface area (Å²) in [6.07, 6.45) is 3.83. The van der Waals surface area contributed by atoms with Gasteiger partial charge in [0.25, 0.3) is 0 Å². The summed E-state index contributed by atoms with van der Waals surface area (Å²) >= 11 is 1.68. The van der Waals surface area contributed by atoms with Gasteiger partial charge in [0, 0.05) is 17.4 Å². The van der Waals surface area contributed by atoms with Crippen molar-refractivity contribution in [2.24, 2.45) is 0 Å². The minimum Gasteiger partial charge on any atom is -0.478 e. The first-order valence-corrected chi connectivity index (χ1v) is 5.34. The monoisotopic (exact) mass is 209 g/mol. The molecule has 1 aromatic heterocycles. The molecule has 0 bridgehead atoms. The van der Waals surface area contributed by atoms with Crippen LogP contribution in [0.2, 0.25) is 0 Å². The van der Waals surface area contributed by atoms with Crippen molar-refractivity contribution in [1.82, 2.24) is 4.98 Å². The highest BCUT2D eigenvalue weighted by molar-refractivity contribution is 7.11. The number of rotatable bonds is 1. The SMILES string of the molecule is Cc1nc2c(s1)C/C(=C/C(=O)O)CC2. The number of fused-ring (bicyclic) bond motifs is 1. The van der Waals surface area contributed by atoms with Gasteiger partial charge in [0.2, 0.25) is 0 Å². The molecule has 3 nitrogen and oxygen atoms in total. The van der Waals surface area contributed by atoms with E-state index < -0.39 is 5.97 Å². The van der Waals surface area contributed by atoms with E-state index in [1.54, 1.807) is 11.3 Å². The Morgan fingerprint density at radius 3 is 3.07 bits per heavy atom. The van der Waals surface area contributed by atoms with Crippen LogP contribution >= 0.6 is 11.3 Å². The van der Waals surface area contributed by atoms with E-state index in [1.165, 1.54) is 11.0 Å². The van der Waals surface area contributed by atoms with Crippen LogP contribution in [0.15, 0.2) is 11.6 Å². The van der Waals surface area contributed by atoms with Crippen LogP contribution in [0.5, 0.6) is 0 Å². The minimum atomic E-state index is -0.843. The number of nitrogens with zero attached hydrogens (tertiary/aromatic N) is 1. The van der Waals surface area contributed by atoms with E-state index in [4.69, 9.17) is 5.11 Å². The van der Waals surface area contributed by atoms with Gasteiger partial charge in [-0.15, -0.1) is 11.3 Å². The van der Waals surface area contributed by atoms with Gasteiger partial charge in [-0.05, 0) is 19.8 Å². The number of carbonyl (C=O) groups is 1. The largest absolute Gasteiger partial charge is 0.478 e. The molecule has 0 atom stereocenters. The van der Waals surface area contributed by atoms with Crippen LogP contribution in [0, 0.1) is 6.92 Å². The van der Waals surface area contributed by atoms with Gasteiger partial charge >= 0.3 is 5.97 Å². The highest BCUT2D eigenvalue weighted by Crippen LogP contribution is 2.29. The Morgan fingerprint density at radius 1 is 1.57 bits per heavy atom. The number of hydrogen-bond donors (Lipinski definition) is 1. The molecule has 14 heavy (non-hydrogen) atoms. The second kappa shape index (κ2) is 3.53. The summed E-state index contributed by atoms with van der Waals surface area (Å²) in [5.74, 6) is -0.843. The molecule has 0 saturated heterocycles. The van der Waals surface area contributed by atoms with E-state index >= 15 is 0 Å². The summed E-state index contributed by atoms with van der Waals surface area (Å²) in [6.45, 7) is 1.99. The first-order valence-electron chi connectivity index (χ1n) is 4.52. The maximum atomic E-state index is 10.5. The van der Waals surface area contributed by atoms with Crippen LogP contribution in [-0.2, 0) is 17.6 Å². The van der Waals surface area contributed by atoms with Crippen molar-refractivity contribution >= 4 is 17.3 Å². The number of aryl methyl sites for hydroxylation is 2. The van der Waals surface area contributed by atoms with Crippen LogP contribution in [-0.4, -0.2) is 16.1 Å². The third kappa shape index (κ3) is 1.85. The Balaban J connectivity index is 2.25. The summed E-state index contributed by atoms with van der Waals surface area (Å²) in [6, 6.07) is 0. The molecule has 0 radical (unpaired) electrons. The Kier molecular flexibility index (Phi) is 2.37. The third-order valence-corrected chi connectivity index (χ3v) is 3.30. The molecule has 4 heteroatoms. The molecule has 74 valence electrons. The molecule has 0 amide bonds. The molecular weight excluding hydrogens is 198 g/mol. The van der Waals surface area contributed by atoms with Crippen molar-refractivity contribution in [1.29, 1.82) is 0 Å². The van der Waals surface area contributed by atoms with Gasteiger partial charge in [-0.2, -0.15) is 0 Å². The molecule has 1 aromatic rings. The zero-order valence-corrected chi connectivity index (χ0v) is 8.73. The van der Waals surface area contributed by atoms with Gasteiger partial charge in [0.15, 0.2) is 0 Å². The first kappa shape index (κ1) is 9.40. The van der Waals surface area contributed by atoms with Crippen molar-refractivity contribution in [3.05, 3.63) is 27.2 Å². The lowest BCUT2D eigenvalue weighted by molar-refractivity contribution is -0.131. The average molecular weight is 209 g/mol. The van der Waals surface area contributed by atoms with Crippen LogP contribution in [0.4, 0.5) is 0 Å². The zero-order valence-electron chi connectivity index (χ0n) is 7.91. The fourth-order valence-corrected chi connectivity index (χ4v) is 2.75. The number of allylic oxidation sites excluding steroid dienone is 1. The van der Waals surface area contributed by atoms with Crippen molar-refractivity contribution in [2.45, 2.75) is 26.2 Å². The molecule has 0 spiro atoms. The predicted molar refractivity (Wildman–Crippen MR) is 54.6 cm³/mol. The van der Waals surface area contributed by atoms with E-state index in [2.05, 4.69) is 4.98 Å². The lowest BCUT2D eigenvalue weighted by Gasteiger charge is -2.12. The number of thiazole rings is 1. The van der Waals surface area contributed by atoms with Crippen molar-refractivity contribution in [3.63, 3.8) is 0 Å². The van der Waals surface area contributed by atoms with Gasteiger partial charge in [0.05, 0.1) is 10.7 Å². The molecular formula is C10H11NO2S. The van der Waals surface area contributed by atoms with Gasteiger partial charge in [-0.25, -0.2) is 9.78 Å². The molecule has 1 aliphatic rings. The van der Waals surface area contributed by atoms with Crippen molar-refractivity contribution in [2.75, 3.05) is 0 Å². The summed E-state index contributed by atoms with van der Waals surface area (Å²) < 4.78 is 0. The summed E-state index contributed by atoms with van der Waals surface area (Å²) in [4.78, 5) is 16.1. The molecule has 0 aliphatic heterocycles. The topological polar surface area (TPSA) is 50.2 Å². The molecule has 0 aromatic carbocycles. The smallest absolute Gasteiger partial charge is 0.328 e. The minimum absolute atomic E-state index is 0.771. The van der Waals surface area contributed by atoms with E-state index in [0.29, 0.717) is 0 Å². The fourth-order valence-electron chi connectivity index (χ4n) is 1.72. The maximum absolute atomic E-state index is 10.5. The maximum Gasteiger partial charge on any atom is 0.328 e. The summed E-state index contributed by atoms with van der Waals surface area (Å²) in [7, 11) is 0. The fraction of sp³-hybridized carbons (Fsp3) is 0.400. The molecule has 1 N–H and O–H groups in total. The highest BCUT2D eigenvalue weighted by Gasteiger charge is 2.17. The van der Waals surface area contributed by atoms with Crippen molar-refractivity contribution < 1.29 is 9.90 Å². The van der Waals surface area contributed by atoms with Crippen LogP contribution in [0.3, 0.4) is 0 Å². The second-order valence-electron chi connectivity index (χ2n) is 3.42. The lowest BCUT2D eigenvalue weighted by atomic mass is 9.97. The third-order valence-electron chi connectivity index (χ3n) is 2.28. The average Bonchev–Trinajstić information content (AvgIpc) is 2.42. The quantitative estimate of drug-likeness (QED) is 0.719. The van der Waals surface area contributed by atoms with Gasteiger partial charge < -0.3 is 5.11 Å². The Bertz CT molecular complexity index is 406. The van der Waals surface area contributed by atoms with Crippen molar-refractivity contribution in [3.8, 4) is 0 Å². The molecule has 0 unspecified atom stereocenters. The normalized spacial score (nSPS) is 18.2. The van der Waals surface area contributed by atoms with Crippen LogP contribution in [0.1, 0.15) is 22.0 Å². The molecule has 0 fully saturated rings. The number of hydrogen-bond acceptors (Lipinski definition) is 3. The number of aliphatic carboxylic acids is 1. The van der Waals surface area contributed by atoms with Gasteiger partial charge in [0.1, 0.15) is 0 Å².